The lowest BCUT2D eigenvalue weighted by atomic mass is 9.88. The number of hydrogen-bond acceptors (Lipinski definition) is 1. The van der Waals surface area contributed by atoms with Gasteiger partial charge in [0.25, 0.3) is 0 Å². The third-order valence-electron chi connectivity index (χ3n) is 5.81. The fraction of sp³-hybridized carbons (Fsp3) is 0.522. The van der Waals surface area contributed by atoms with Crippen LogP contribution >= 0.6 is 0 Å². The molecule has 26 heavy (non-hydrogen) atoms. The molecule has 1 aromatic heterocycles. The second-order valence-electron chi connectivity index (χ2n) is 7.67. The molecule has 0 radical (unpaired) electrons. The van der Waals surface area contributed by atoms with Crippen LogP contribution in [-0.4, -0.2) is 21.4 Å². The van der Waals surface area contributed by atoms with Crippen molar-refractivity contribution in [1.82, 2.24) is 9.47 Å². The first-order valence-corrected chi connectivity index (χ1v) is 10.2. The van der Waals surface area contributed by atoms with Gasteiger partial charge < -0.3 is 9.47 Å². The van der Waals surface area contributed by atoms with Crippen LogP contribution in [0.1, 0.15) is 63.6 Å². The normalized spacial score (nSPS) is 16.4. The van der Waals surface area contributed by atoms with Gasteiger partial charge in [-0.25, -0.2) is 0 Å². The standard InChI is InChI=1S/C23H32N2O/c1-3-19(2)25(23(26)21-13-8-5-9-14-21)18-22-15-10-16-24(22)17-20-11-6-4-7-12-20/h4,6-7,10-12,15-16,19,21H,3,5,8-9,13-14,17-18H2,1-2H3. The molecule has 1 aliphatic rings. The molecule has 2 aromatic rings. The molecule has 1 fully saturated rings. The fourth-order valence-corrected chi connectivity index (χ4v) is 3.96. The highest BCUT2D eigenvalue weighted by molar-refractivity contribution is 5.79. The van der Waals surface area contributed by atoms with Crippen molar-refractivity contribution in [1.29, 1.82) is 0 Å². The Balaban J connectivity index is 1.75. The minimum Gasteiger partial charge on any atom is -0.345 e. The Morgan fingerprint density at radius 3 is 2.54 bits per heavy atom. The average Bonchev–Trinajstić information content (AvgIpc) is 3.13. The van der Waals surface area contributed by atoms with Gasteiger partial charge in [-0.1, -0.05) is 56.5 Å². The van der Waals surface area contributed by atoms with Gasteiger partial charge in [0, 0.05) is 30.4 Å². The van der Waals surface area contributed by atoms with Crippen molar-refractivity contribution in [2.24, 2.45) is 5.92 Å². The van der Waals surface area contributed by atoms with Gasteiger partial charge in [-0.15, -0.1) is 0 Å². The number of benzene rings is 1. The Labute approximate surface area is 158 Å². The topological polar surface area (TPSA) is 25.2 Å². The smallest absolute Gasteiger partial charge is 0.226 e. The van der Waals surface area contributed by atoms with E-state index in [1.807, 2.05) is 6.07 Å². The van der Waals surface area contributed by atoms with Gasteiger partial charge in [-0.2, -0.15) is 0 Å². The maximum atomic E-state index is 13.2. The number of amides is 1. The van der Waals surface area contributed by atoms with Crippen LogP contribution in [0.2, 0.25) is 0 Å². The van der Waals surface area contributed by atoms with Gasteiger partial charge in [0.15, 0.2) is 0 Å². The van der Waals surface area contributed by atoms with Crippen molar-refractivity contribution in [2.45, 2.75) is 71.5 Å². The monoisotopic (exact) mass is 352 g/mol. The molecule has 3 heteroatoms. The Bertz CT molecular complexity index is 685. The molecule has 1 amide bonds. The molecule has 1 unspecified atom stereocenters. The molecule has 3 nitrogen and oxygen atoms in total. The van der Waals surface area contributed by atoms with E-state index in [0.717, 1.165) is 25.8 Å². The quantitative estimate of drug-likeness (QED) is 0.668. The Hall–Kier alpha value is -2.03. The molecule has 140 valence electrons. The molecule has 0 bridgehead atoms. The summed E-state index contributed by atoms with van der Waals surface area (Å²) in [6.45, 7) is 5.93. The van der Waals surface area contributed by atoms with Crippen LogP contribution in [-0.2, 0) is 17.9 Å². The molecule has 0 aliphatic heterocycles. The first-order chi connectivity index (χ1) is 12.7. The Kier molecular flexibility index (Phi) is 6.54. The van der Waals surface area contributed by atoms with E-state index in [9.17, 15) is 4.79 Å². The van der Waals surface area contributed by atoms with Crippen molar-refractivity contribution in [2.75, 3.05) is 0 Å². The first kappa shape index (κ1) is 18.8. The number of nitrogens with zero attached hydrogens (tertiary/aromatic N) is 2. The zero-order valence-electron chi connectivity index (χ0n) is 16.2. The second-order valence-corrected chi connectivity index (χ2v) is 7.67. The van der Waals surface area contributed by atoms with Crippen molar-refractivity contribution in [3.63, 3.8) is 0 Å². The number of aromatic nitrogens is 1. The van der Waals surface area contributed by atoms with Crippen LogP contribution in [0, 0.1) is 5.92 Å². The van der Waals surface area contributed by atoms with Crippen LogP contribution in [0.15, 0.2) is 48.7 Å². The van der Waals surface area contributed by atoms with E-state index < -0.39 is 0 Å². The highest BCUT2D eigenvalue weighted by Crippen LogP contribution is 2.27. The molecule has 0 spiro atoms. The maximum Gasteiger partial charge on any atom is 0.226 e. The molecule has 3 rings (SSSR count). The van der Waals surface area contributed by atoms with Crippen molar-refractivity contribution in [3.05, 3.63) is 59.9 Å². The molecule has 1 aromatic carbocycles. The van der Waals surface area contributed by atoms with Crippen molar-refractivity contribution < 1.29 is 4.79 Å². The van der Waals surface area contributed by atoms with E-state index in [-0.39, 0.29) is 12.0 Å². The van der Waals surface area contributed by atoms with Gasteiger partial charge >= 0.3 is 0 Å². The van der Waals surface area contributed by atoms with Crippen LogP contribution < -0.4 is 0 Å². The maximum absolute atomic E-state index is 13.2. The molecular weight excluding hydrogens is 320 g/mol. The summed E-state index contributed by atoms with van der Waals surface area (Å²) in [4.78, 5) is 15.3. The summed E-state index contributed by atoms with van der Waals surface area (Å²) in [5, 5.41) is 0. The van der Waals surface area contributed by atoms with E-state index >= 15 is 0 Å². The lowest BCUT2D eigenvalue weighted by Gasteiger charge is -2.33. The number of carbonyl (C=O) groups excluding carboxylic acids is 1. The fourth-order valence-electron chi connectivity index (χ4n) is 3.96. The number of rotatable bonds is 7. The van der Waals surface area contributed by atoms with Crippen LogP contribution in [0.25, 0.3) is 0 Å². The highest BCUT2D eigenvalue weighted by atomic mass is 16.2. The summed E-state index contributed by atoms with van der Waals surface area (Å²) in [5.41, 5.74) is 2.51. The molecule has 1 aliphatic carbocycles. The molecule has 1 saturated carbocycles. The van der Waals surface area contributed by atoms with Crippen molar-refractivity contribution in [3.8, 4) is 0 Å². The molecule has 1 atom stereocenters. The third-order valence-corrected chi connectivity index (χ3v) is 5.81. The van der Waals surface area contributed by atoms with Gasteiger partial charge in [0.05, 0.1) is 6.54 Å². The molecular formula is C23H32N2O. The summed E-state index contributed by atoms with van der Waals surface area (Å²) in [5.74, 6) is 0.599. The highest BCUT2D eigenvalue weighted by Gasteiger charge is 2.28. The number of hydrogen-bond donors (Lipinski definition) is 0. The summed E-state index contributed by atoms with van der Waals surface area (Å²) in [6.07, 6.45) is 8.95. The second kappa shape index (κ2) is 9.07. The zero-order valence-corrected chi connectivity index (χ0v) is 16.2. The van der Waals surface area contributed by atoms with Gasteiger partial charge in [0.2, 0.25) is 5.91 Å². The average molecular weight is 353 g/mol. The predicted octanol–water partition coefficient (Wildman–Crippen LogP) is 5.24. The van der Waals surface area contributed by atoms with E-state index in [4.69, 9.17) is 0 Å². The summed E-state index contributed by atoms with van der Waals surface area (Å²) in [6, 6.07) is 15.1. The van der Waals surface area contributed by atoms with Crippen LogP contribution in [0.4, 0.5) is 0 Å². The van der Waals surface area contributed by atoms with Gasteiger partial charge in [-0.05, 0) is 43.9 Å². The van der Waals surface area contributed by atoms with E-state index in [1.54, 1.807) is 0 Å². The molecule has 0 saturated heterocycles. The van der Waals surface area contributed by atoms with Crippen LogP contribution in [0.5, 0.6) is 0 Å². The Morgan fingerprint density at radius 2 is 1.85 bits per heavy atom. The Morgan fingerprint density at radius 1 is 1.12 bits per heavy atom. The van der Waals surface area contributed by atoms with Crippen LogP contribution in [0.3, 0.4) is 0 Å². The molecule has 1 heterocycles. The predicted molar refractivity (Wildman–Crippen MR) is 107 cm³/mol. The van der Waals surface area contributed by atoms with E-state index in [2.05, 4.69) is 65.9 Å². The summed E-state index contributed by atoms with van der Waals surface area (Å²) in [7, 11) is 0. The van der Waals surface area contributed by atoms with Gasteiger partial charge in [0.1, 0.15) is 0 Å². The largest absolute Gasteiger partial charge is 0.345 e. The van der Waals surface area contributed by atoms with E-state index in [0.29, 0.717) is 12.5 Å². The minimum atomic E-state index is 0.232. The van der Waals surface area contributed by atoms with E-state index in [1.165, 1.54) is 30.5 Å². The summed E-state index contributed by atoms with van der Waals surface area (Å²) >= 11 is 0. The lowest BCUT2D eigenvalue weighted by Crippen LogP contribution is -2.42. The lowest BCUT2D eigenvalue weighted by molar-refractivity contribution is -0.139. The summed E-state index contributed by atoms with van der Waals surface area (Å²) < 4.78 is 2.28. The zero-order chi connectivity index (χ0) is 18.4. The van der Waals surface area contributed by atoms with Gasteiger partial charge in [-0.3, -0.25) is 4.79 Å². The first-order valence-electron chi connectivity index (χ1n) is 10.2. The minimum absolute atomic E-state index is 0.232. The molecule has 0 N–H and O–H groups in total. The van der Waals surface area contributed by atoms with Crippen molar-refractivity contribution >= 4 is 5.91 Å². The SMILES string of the molecule is CCC(C)N(Cc1cccn1Cc1ccccc1)C(=O)C1CCCCC1. The third kappa shape index (κ3) is 4.57. The number of carbonyl (C=O) groups is 1.